The van der Waals surface area contributed by atoms with Crippen LogP contribution in [-0.2, 0) is 11.2 Å². The molecule has 29 heavy (non-hydrogen) atoms. The third kappa shape index (κ3) is 3.88. The first-order chi connectivity index (χ1) is 13.8. The molecule has 0 saturated carbocycles. The summed E-state index contributed by atoms with van der Waals surface area (Å²) in [4.78, 5) is 22.2. The van der Waals surface area contributed by atoms with Gasteiger partial charge in [-0.3, -0.25) is 4.79 Å². The molecule has 152 valence electrons. The lowest BCUT2D eigenvalue weighted by atomic mass is 9.97. The molecule has 0 atom stereocenters. The maximum atomic E-state index is 12.9. The highest BCUT2D eigenvalue weighted by atomic mass is 32.1. The molecular formula is C24H29N3OS. The number of aryl methyl sites for hydroxylation is 5. The van der Waals surface area contributed by atoms with Crippen molar-refractivity contribution in [1.82, 2.24) is 9.88 Å². The van der Waals surface area contributed by atoms with Crippen LogP contribution < -0.4 is 4.90 Å². The minimum absolute atomic E-state index is 0.232. The lowest BCUT2D eigenvalue weighted by Gasteiger charge is -2.34. The fourth-order valence-electron chi connectivity index (χ4n) is 4.28. The number of thiazole rings is 1. The van der Waals surface area contributed by atoms with Crippen LogP contribution in [0.5, 0.6) is 0 Å². The summed E-state index contributed by atoms with van der Waals surface area (Å²) in [5.74, 6) is 0.232. The lowest BCUT2D eigenvalue weighted by molar-refractivity contribution is -0.130. The predicted octanol–water partition coefficient (Wildman–Crippen LogP) is 4.73. The second kappa shape index (κ2) is 7.79. The van der Waals surface area contributed by atoms with Gasteiger partial charge in [-0.1, -0.05) is 41.2 Å². The van der Waals surface area contributed by atoms with E-state index in [1.54, 1.807) is 11.3 Å². The Morgan fingerprint density at radius 2 is 1.55 bits per heavy atom. The van der Waals surface area contributed by atoms with Gasteiger partial charge in [0.05, 0.1) is 16.6 Å². The Morgan fingerprint density at radius 1 is 0.931 bits per heavy atom. The summed E-state index contributed by atoms with van der Waals surface area (Å²) < 4.78 is 1.28. The molecule has 4 nitrogen and oxygen atoms in total. The quantitative estimate of drug-likeness (QED) is 0.630. The summed E-state index contributed by atoms with van der Waals surface area (Å²) in [7, 11) is 0. The SMILES string of the molecule is Cc1cc(C)c(CC(=O)N2CCN(c3nc4c(C)ccc(C)c4s3)CC2)c(C)c1. The lowest BCUT2D eigenvalue weighted by Crippen LogP contribution is -2.49. The number of benzene rings is 2. The monoisotopic (exact) mass is 407 g/mol. The van der Waals surface area contributed by atoms with Crippen LogP contribution >= 0.6 is 11.3 Å². The first-order valence-corrected chi connectivity index (χ1v) is 11.1. The molecule has 2 aromatic carbocycles. The van der Waals surface area contributed by atoms with Crippen molar-refractivity contribution < 1.29 is 4.79 Å². The molecular weight excluding hydrogens is 378 g/mol. The van der Waals surface area contributed by atoms with Gasteiger partial charge in [0.2, 0.25) is 5.91 Å². The number of amides is 1. The second-order valence-electron chi connectivity index (χ2n) is 8.30. The van der Waals surface area contributed by atoms with E-state index in [0.717, 1.165) is 36.8 Å². The van der Waals surface area contributed by atoms with Crippen LogP contribution in [0.1, 0.15) is 33.4 Å². The zero-order valence-electron chi connectivity index (χ0n) is 18.0. The van der Waals surface area contributed by atoms with Gasteiger partial charge in [0.1, 0.15) is 0 Å². The van der Waals surface area contributed by atoms with Crippen LogP contribution in [-0.4, -0.2) is 42.0 Å². The Bertz CT molecular complexity index is 1020. The van der Waals surface area contributed by atoms with Crippen LogP contribution in [0, 0.1) is 34.6 Å². The van der Waals surface area contributed by atoms with Crippen LogP contribution in [0.25, 0.3) is 10.2 Å². The largest absolute Gasteiger partial charge is 0.345 e. The van der Waals surface area contributed by atoms with Crippen molar-refractivity contribution in [2.24, 2.45) is 0 Å². The van der Waals surface area contributed by atoms with Gasteiger partial charge in [-0.25, -0.2) is 4.98 Å². The highest BCUT2D eigenvalue weighted by Gasteiger charge is 2.24. The van der Waals surface area contributed by atoms with Crippen molar-refractivity contribution >= 4 is 32.6 Å². The molecule has 0 unspecified atom stereocenters. The number of nitrogens with zero attached hydrogens (tertiary/aromatic N) is 3. The molecule has 1 aromatic heterocycles. The highest BCUT2D eigenvalue weighted by molar-refractivity contribution is 7.22. The number of hydrogen-bond acceptors (Lipinski definition) is 4. The van der Waals surface area contributed by atoms with Crippen molar-refractivity contribution in [3.8, 4) is 0 Å². The zero-order valence-corrected chi connectivity index (χ0v) is 18.8. The minimum atomic E-state index is 0.232. The molecule has 2 heterocycles. The van der Waals surface area contributed by atoms with Gasteiger partial charge in [-0.2, -0.15) is 0 Å². The third-order valence-electron chi connectivity index (χ3n) is 6.00. The molecule has 1 fully saturated rings. The minimum Gasteiger partial charge on any atom is -0.345 e. The molecule has 0 spiro atoms. The summed E-state index contributed by atoms with van der Waals surface area (Å²) in [6.45, 7) is 13.8. The average molecular weight is 408 g/mol. The second-order valence-corrected chi connectivity index (χ2v) is 9.27. The summed E-state index contributed by atoms with van der Waals surface area (Å²) in [6, 6.07) is 8.66. The first kappa shape index (κ1) is 19.9. The molecule has 0 N–H and O–H groups in total. The van der Waals surface area contributed by atoms with Gasteiger partial charge >= 0.3 is 0 Å². The Hall–Kier alpha value is -2.40. The predicted molar refractivity (Wildman–Crippen MR) is 122 cm³/mol. The van der Waals surface area contributed by atoms with E-state index in [1.165, 1.54) is 38.1 Å². The van der Waals surface area contributed by atoms with Crippen LogP contribution in [0.15, 0.2) is 24.3 Å². The molecule has 1 saturated heterocycles. The van der Waals surface area contributed by atoms with Crippen LogP contribution in [0.2, 0.25) is 0 Å². The van der Waals surface area contributed by atoms with Crippen LogP contribution in [0.3, 0.4) is 0 Å². The van der Waals surface area contributed by atoms with E-state index in [1.807, 2.05) is 4.90 Å². The number of carbonyl (C=O) groups excluding carboxylic acids is 1. The summed E-state index contributed by atoms with van der Waals surface area (Å²) in [5.41, 5.74) is 8.50. The summed E-state index contributed by atoms with van der Waals surface area (Å²) >= 11 is 1.77. The van der Waals surface area contributed by atoms with Crippen LogP contribution in [0.4, 0.5) is 5.13 Å². The zero-order chi connectivity index (χ0) is 20.7. The molecule has 1 aliphatic heterocycles. The maximum Gasteiger partial charge on any atom is 0.227 e. The fraction of sp³-hybridized carbons (Fsp3) is 0.417. The van der Waals surface area contributed by atoms with Crippen molar-refractivity contribution in [3.63, 3.8) is 0 Å². The third-order valence-corrected chi connectivity index (χ3v) is 7.25. The Morgan fingerprint density at radius 3 is 2.17 bits per heavy atom. The molecule has 1 aliphatic rings. The van der Waals surface area contributed by atoms with E-state index in [2.05, 4.69) is 63.8 Å². The van der Waals surface area contributed by atoms with Crippen molar-refractivity contribution in [2.75, 3.05) is 31.1 Å². The maximum absolute atomic E-state index is 12.9. The van der Waals surface area contributed by atoms with E-state index < -0.39 is 0 Å². The van der Waals surface area contributed by atoms with E-state index >= 15 is 0 Å². The van der Waals surface area contributed by atoms with Gasteiger partial charge < -0.3 is 9.80 Å². The molecule has 0 bridgehead atoms. The molecule has 0 aliphatic carbocycles. The Kier molecular flexibility index (Phi) is 5.34. The van der Waals surface area contributed by atoms with E-state index in [9.17, 15) is 4.79 Å². The fourth-order valence-corrected chi connectivity index (χ4v) is 5.45. The van der Waals surface area contributed by atoms with Crippen molar-refractivity contribution in [2.45, 2.75) is 41.0 Å². The number of carbonyl (C=O) groups is 1. The average Bonchev–Trinajstić information content (AvgIpc) is 3.14. The molecule has 1 amide bonds. The van der Waals surface area contributed by atoms with Gasteiger partial charge in [0.15, 0.2) is 5.13 Å². The Labute approximate surface area is 177 Å². The standard InChI is InChI=1S/C24H29N3OS/c1-15-12-18(4)20(19(5)13-15)14-21(28)26-8-10-27(11-9-26)24-25-22-16(2)6-7-17(3)23(22)29-24/h6-7,12-13H,8-11,14H2,1-5H3. The topological polar surface area (TPSA) is 36.4 Å². The summed E-state index contributed by atoms with van der Waals surface area (Å²) in [6.07, 6.45) is 0.497. The number of piperazine rings is 1. The number of rotatable bonds is 3. The molecule has 5 heteroatoms. The van der Waals surface area contributed by atoms with Crippen molar-refractivity contribution in [3.05, 3.63) is 57.6 Å². The van der Waals surface area contributed by atoms with E-state index in [0.29, 0.717) is 6.42 Å². The molecule has 4 rings (SSSR count). The highest BCUT2D eigenvalue weighted by Crippen LogP contribution is 2.33. The molecule has 0 radical (unpaired) electrons. The number of anilines is 1. The van der Waals surface area contributed by atoms with Gasteiger partial charge in [0.25, 0.3) is 0 Å². The first-order valence-electron chi connectivity index (χ1n) is 10.3. The van der Waals surface area contributed by atoms with Gasteiger partial charge in [-0.05, 0) is 62.4 Å². The molecule has 3 aromatic rings. The van der Waals surface area contributed by atoms with Gasteiger partial charge in [-0.15, -0.1) is 0 Å². The smallest absolute Gasteiger partial charge is 0.227 e. The van der Waals surface area contributed by atoms with Gasteiger partial charge in [0, 0.05) is 26.2 Å². The Balaban J connectivity index is 1.44. The van der Waals surface area contributed by atoms with E-state index in [4.69, 9.17) is 4.98 Å². The normalized spacial score (nSPS) is 14.7. The number of fused-ring (bicyclic) bond motifs is 1. The number of aromatic nitrogens is 1. The van der Waals surface area contributed by atoms with E-state index in [-0.39, 0.29) is 5.91 Å². The summed E-state index contributed by atoms with van der Waals surface area (Å²) in [5, 5.41) is 1.08. The number of hydrogen-bond donors (Lipinski definition) is 0. The van der Waals surface area contributed by atoms with Crippen molar-refractivity contribution in [1.29, 1.82) is 0 Å².